The highest BCUT2D eigenvalue weighted by Gasteiger charge is 2.17. The normalized spacial score (nSPS) is 11.3. The molecule has 1 heterocycles. The number of nitro groups is 1. The summed E-state index contributed by atoms with van der Waals surface area (Å²) in [6.07, 6.45) is 4.38. The first-order valence-electron chi connectivity index (χ1n) is 10.7. The molecule has 0 saturated carbocycles. The number of carbonyl (C=O) groups is 1. The third-order valence-corrected chi connectivity index (χ3v) is 6.34. The van der Waals surface area contributed by atoms with E-state index in [4.69, 9.17) is 23.2 Å². The van der Waals surface area contributed by atoms with Crippen LogP contribution in [-0.4, -0.2) is 37.6 Å². The Kier molecular flexibility index (Phi) is 8.68. The molecule has 3 aromatic carbocycles. The number of nitrogens with one attached hydrogen (secondary N) is 1. The van der Waals surface area contributed by atoms with Gasteiger partial charge in [0.2, 0.25) is 0 Å². The smallest absolute Gasteiger partial charge is 0.272 e. The first-order chi connectivity index (χ1) is 17.9. The highest BCUT2D eigenvalue weighted by atomic mass is 35.5. The zero-order valence-corrected chi connectivity index (χ0v) is 21.3. The van der Waals surface area contributed by atoms with Crippen LogP contribution in [0.15, 0.2) is 89.1 Å². The van der Waals surface area contributed by atoms with E-state index in [2.05, 4.69) is 20.7 Å². The Morgan fingerprint density at radius 3 is 2.41 bits per heavy atom. The largest absolute Gasteiger partial charge is 0.276 e. The Labute approximate surface area is 226 Å². The summed E-state index contributed by atoms with van der Waals surface area (Å²) < 4.78 is 1.83. The summed E-state index contributed by atoms with van der Waals surface area (Å²) in [5, 5.41) is 25.2. The van der Waals surface area contributed by atoms with E-state index in [1.807, 2.05) is 28.8 Å². The number of thioether (sulfide) groups is 1. The molecular weight excluding hydrogens is 535 g/mol. The molecule has 4 aromatic rings. The summed E-state index contributed by atoms with van der Waals surface area (Å²) in [5.74, 6) is 0.247. The molecule has 4 rings (SSSR count). The van der Waals surface area contributed by atoms with Gasteiger partial charge in [-0.25, -0.2) is 5.43 Å². The Morgan fingerprint density at radius 2 is 1.70 bits per heavy atom. The van der Waals surface area contributed by atoms with Crippen LogP contribution in [0.1, 0.15) is 5.56 Å². The molecule has 0 spiro atoms. The van der Waals surface area contributed by atoms with E-state index in [0.29, 0.717) is 26.6 Å². The average Bonchev–Trinajstić information content (AvgIpc) is 3.32. The molecule has 186 valence electrons. The SMILES string of the molecule is O=C(CSc1nnc(-c2ccc(Cl)cc2)n1-c1ccc(Cl)cc1)N/N=C\C=C/c1ccccc1[N+](=O)[O-]. The standard InChI is InChI=1S/C25H18Cl2N6O3S/c26-19-9-7-18(8-10-19)24-30-31-25(32(24)21-13-11-20(27)12-14-21)37-16-23(34)29-28-15-3-5-17-4-1-2-6-22(17)33(35)36/h1-15H,16H2,(H,29,34)/b5-3-,28-15-. The lowest BCUT2D eigenvalue weighted by atomic mass is 10.2. The van der Waals surface area contributed by atoms with E-state index in [-0.39, 0.29) is 17.3 Å². The predicted molar refractivity (Wildman–Crippen MR) is 146 cm³/mol. The van der Waals surface area contributed by atoms with Gasteiger partial charge in [0.05, 0.1) is 16.2 Å². The van der Waals surface area contributed by atoms with Gasteiger partial charge in [0, 0.05) is 33.6 Å². The van der Waals surface area contributed by atoms with Crippen molar-refractivity contribution >= 4 is 58.8 Å². The second-order valence-corrected chi connectivity index (χ2v) is 9.22. The second kappa shape index (κ2) is 12.3. The van der Waals surface area contributed by atoms with Crippen molar-refractivity contribution in [3.63, 3.8) is 0 Å². The molecule has 1 aromatic heterocycles. The van der Waals surface area contributed by atoms with Crippen molar-refractivity contribution in [1.82, 2.24) is 20.2 Å². The molecular formula is C25H18Cl2N6O3S. The number of hydrogen-bond acceptors (Lipinski definition) is 7. The zero-order valence-electron chi connectivity index (χ0n) is 19.0. The fourth-order valence-electron chi connectivity index (χ4n) is 3.23. The highest BCUT2D eigenvalue weighted by Crippen LogP contribution is 2.29. The molecule has 0 bridgehead atoms. The lowest BCUT2D eigenvalue weighted by molar-refractivity contribution is -0.385. The van der Waals surface area contributed by atoms with Gasteiger partial charge in [-0.3, -0.25) is 19.5 Å². The number of allylic oxidation sites excluding steroid dienone is 1. The molecule has 0 atom stereocenters. The van der Waals surface area contributed by atoms with Crippen LogP contribution >= 0.6 is 35.0 Å². The van der Waals surface area contributed by atoms with Gasteiger partial charge in [0.25, 0.3) is 11.6 Å². The van der Waals surface area contributed by atoms with Gasteiger partial charge < -0.3 is 0 Å². The van der Waals surface area contributed by atoms with Crippen LogP contribution in [0.2, 0.25) is 10.0 Å². The predicted octanol–water partition coefficient (Wildman–Crippen LogP) is 6.06. The first-order valence-corrected chi connectivity index (χ1v) is 12.5. The average molecular weight is 553 g/mol. The Morgan fingerprint density at radius 1 is 1.03 bits per heavy atom. The van der Waals surface area contributed by atoms with Gasteiger partial charge in [-0.05, 0) is 66.7 Å². The van der Waals surface area contributed by atoms with Crippen molar-refractivity contribution in [3.8, 4) is 17.1 Å². The third-order valence-electron chi connectivity index (χ3n) is 4.91. The van der Waals surface area contributed by atoms with Gasteiger partial charge in [0.1, 0.15) is 0 Å². The third kappa shape index (κ3) is 6.82. The maximum absolute atomic E-state index is 12.4. The Balaban J connectivity index is 1.44. The molecule has 37 heavy (non-hydrogen) atoms. The number of carbonyl (C=O) groups excluding carboxylic acids is 1. The summed E-state index contributed by atoms with van der Waals surface area (Å²) in [6.45, 7) is 0. The fourth-order valence-corrected chi connectivity index (χ4v) is 4.22. The van der Waals surface area contributed by atoms with E-state index in [1.165, 1.54) is 36.2 Å². The van der Waals surface area contributed by atoms with Crippen LogP contribution in [0.25, 0.3) is 23.2 Å². The topological polar surface area (TPSA) is 115 Å². The molecule has 0 fully saturated rings. The number of amides is 1. The van der Waals surface area contributed by atoms with E-state index in [9.17, 15) is 14.9 Å². The monoisotopic (exact) mass is 552 g/mol. The summed E-state index contributed by atoms with van der Waals surface area (Å²) >= 11 is 13.3. The van der Waals surface area contributed by atoms with Gasteiger partial charge in [-0.15, -0.1) is 10.2 Å². The lowest BCUT2D eigenvalue weighted by Gasteiger charge is -2.10. The maximum atomic E-state index is 12.4. The minimum absolute atomic E-state index is 0.0182. The molecule has 1 N–H and O–H groups in total. The van der Waals surface area contributed by atoms with Crippen molar-refractivity contribution in [2.75, 3.05) is 5.75 Å². The van der Waals surface area contributed by atoms with E-state index >= 15 is 0 Å². The lowest BCUT2D eigenvalue weighted by Crippen LogP contribution is -2.19. The second-order valence-electron chi connectivity index (χ2n) is 7.40. The summed E-state index contributed by atoms with van der Waals surface area (Å²) in [6, 6.07) is 20.7. The molecule has 0 unspecified atom stereocenters. The highest BCUT2D eigenvalue weighted by molar-refractivity contribution is 7.99. The van der Waals surface area contributed by atoms with Gasteiger partial charge in [-0.2, -0.15) is 5.10 Å². The van der Waals surface area contributed by atoms with Gasteiger partial charge in [-0.1, -0.05) is 47.1 Å². The Hall–Kier alpha value is -3.99. The van der Waals surface area contributed by atoms with Crippen LogP contribution in [0.4, 0.5) is 5.69 Å². The number of rotatable bonds is 9. The number of nitrogens with zero attached hydrogens (tertiary/aromatic N) is 5. The van der Waals surface area contributed by atoms with Crippen LogP contribution < -0.4 is 5.43 Å². The van der Waals surface area contributed by atoms with Crippen molar-refractivity contribution in [3.05, 3.63) is 105 Å². The summed E-state index contributed by atoms with van der Waals surface area (Å²) in [4.78, 5) is 23.0. The molecule has 9 nitrogen and oxygen atoms in total. The molecule has 12 heteroatoms. The fraction of sp³-hybridized carbons (Fsp3) is 0.0400. The van der Waals surface area contributed by atoms with Crippen LogP contribution in [-0.2, 0) is 4.79 Å². The number of halogens is 2. The zero-order chi connectivity index (χ0) is 26.2. The number of para-hydroxylation sites is 1. The molecule has 0 aliphatic heterocycles. The summed E-state index contributed by atoms with van der Waals surface area (Å²) in [7, 11) is 0. The number of hydrogen-bond donors (Lipinski definition) is 1. The summed E-state index contributed by atoms with van der Waals surface area (Å²) in [5.41, 5.74) is 4.42. The molecule has 0 radical (unpaired) electrons. The number of hydrazone groups is 1. The molecule has 0 aliphatic rings. The van der Waals surface area contributed by atoms with Crippen LogP contribution in [0.3, 0.4) is 0 Å². The van der Waals surface area contributed by atoms with Gasteiger partial charge >= 0.3 is 0 Å². The maximum Gasteiger partial charge on any atom is 0.276 e. The minimum Gasteiger partial charge on any atom is -0.272 e. The quantitative estimate of drug-likeness (QED) is 0.117. The van der Waals surface area contributed by atoms with Crippen molar-refractivity contribution in [1.29, 1.82) is 0 Å². The Bertz CT molecular complexity index is 1470. The number of aromatic nitrogens is 3. The molecule has 0 saturated heterocycles. The molecule has 1 amide bonds. The minimum atomic E-state index is -0.461. The van der Waals surface area contributed by atoms with Crippen molar-refractivity contribution in [2.45, 2.75) is 5.16 Å². The number of nitro benzene ring substituents is 1. The van der Waals surface area contributed by atoms with E-state index < -0.39 is 4.92 Å². The van der Waals surface area contributed by atoms with Crippen LogP contribution in [0.5, 0.6) is 0 Å². The molecule has 0 aliphatic carbocycles. The first kappa shape index (κ1) is 26.1. The van der Waals surface area contributed by atoms with Crippen LogP contribution in [0, 0.1) is 10.1 Å². The van der Waals surface area contributed by atoms with Gasteiger partial charge in [0.15, 0.2) is 11.0 Å². The van der Waals surface area contributed by atoms with E-state index in [0.717, 1.165) is 11.3 Å². The van der Waals surface area contributed by atoms with Crippen molar-refractivity contribution < 1.29 is 9.72 Å². The van der Waals surface area contributed by atoms with Crippen molar-refractivity contribution in [2.24, 2.45) is 5.10 Å². The number of benzene rings is 3. The van der Waals surface area contributed by atoms with E-state index in [1.54, 1.807) is 42.5 Å².